The van der Waals surface area contributed by atoms with Crippen molar-refractivity contribution in [3.8, 4) is 29.4 Å². The molecule has 38 heavy (non-hydrogen) atoms. The first-order chi connectivity index (χ1) is 18.1. The lowest BCUT2D eigenvalue weighted by atomic mass is 9.92. The van der Waals surface area contributed by atoms with Crippen LogP contribution in [-0.4, -0.2) is 41.1 Å². The molecule has 0 spiro atoms. The van der Waals surface area contributed by atoms with E-state index in [0.29, 0.717) is 18.5 Å². The number of amides is 1. The summed E-state index contributed by atoms with van der Waals surface area (Å²) in [5.41, 5.74) is -0.858. The Hall–Kier alpha value is -3.93. The zero-order chi connectivity index (χ0) is 27.3. The van der Waals surface area contributed by atoms with Gasteiger partial charge in [0.1, 0.15) is 34.5 Å². The number of piperidine rings is 1. The van der Waals surface area contributed by atoms with Crippen molar-refractivity contribution in [2.24, 2.45) is 5.92 Å². The Morgan fingerprint density at radius 3 is 2.45 bits per heavy atom. The molecule has 1 N–H and O–H groups in total. The molecule has 1 aliphatic heterocycles. The van der Waals surface area contributed by atoms with Crippen molar-refractivity contribution in [2.75, 3.05) is 24.6 Å². The first kappa shape index (κ1) is 27.1. The average Bonchev–Trinajstić information content (AvgIpc) is 3.32. The number of carbonyl (C=O) groups is 1. The Morgan fingerprint density at radius 2 is 1.87 bits per heavy atom. The molecule has 3 heterocycles. The van der Waals surface area contributed by atoms with E-state index in [1.807, 2.05) is 19.1 Å². The Bertz CT molecular complexity index is 1280. The van der Waals surface area contributed by atoms with E-state index in [-0.39, 0.29) is 5.75 Å². The number of terminal acetylenes is 1. The molecule has 2 aromatic heterocycles. The van der Waals surface area contributed by atoms with E-state index in [0.717, 1.165) is 68.0 Å². The van der Waals surface area contributed by atoms with Crippen LogP contribution in [-0.2, 0) is 0 Å². The number of nitrogens with zero attached hydrogens (tertiary/aromatic N) is 3. The van der Waals surface area contributed by atoms with Crippen LogP contribution in [0.25, 0.3) is 11.3 Å². The summed E-state index contributed by atoms with van der Waals surface area (Å²) in [7, 11) is 0. The third kappa shape index (κ3) is 6.68. The minimum atomic E-state index is -1.03. The van der Waals surface area contributed by atoms with Gasteiger partial charge in [-0.05, 0) is 64.5 Å². The third-order valence-corrected chi connectivity index (χ3v) is 6.62. The van der Waals surface area contributed by atoms with Gasteiger partial charge in [-0.25, -0.2) is 18.7 Å². The first-order valence-corrected chi connectivity index (χ1v) is 12.7. The van der Waals surface area contributed by atoms with Gasteiger partial charge in [0.15, 0.2) is 0 Å². The fourth-order valence-corrected chi connectivity index (χ4v) is 4.42. The molecular weight excluding hydrogens is 490 g/mol. The van der Waals surface area contributed by atoms with Crippen LogP contribution < -0.4 is 15.0 Å². The van der Waals surface area contributed by atoms with Gasteiger partial charge in [-0.1, -0.05) is 5.92 Å². The van der Waals surface area contributed by atoms with Crippen LogP contribution >= 0.6 is 0 Å². The monoisotopic (exact) mass is 522 g/mol. The average molecular weight is 523 g/mol. The minimum absolute atomic E-state index is 0.0490. The van der Waals surface area contributed by atoms with Crippen molar-refractivity contribution < 1.29 is 22.7 Å². The van der Waals surface area contributed by atoms with E-state index in [9.17, 15) is 13.6 Å². The molecule has 1 amide bonds. The molecule has 0 atom stereocenters. The van der Waals surface area contributed by atoms with Crippen molar-refractivity contribution in [1.29, 1.82) is 0 Å². The first-order valence-electron chi connectivity index (χ1n) is 12.7. The summed E-state index contributed by atoms with van der Waals surface area (Å²) in [6.45, 7) is 7.08. The van der Waals surface area contributed by atoms with Gasteiger partial charge < -0.3 is 19.4 Å². The highest BCUT2D eigenvalue weighted by Crippen LogP contribution is 2.27. The largest absolute Gasteiger partial charge is 0.493 e. The maximum Gasteiger partial charge on any atom is 0.258 e. The molecule has 4 rings (SSSR count). The van der Waals surface area contributed by atoms with Gasteiger partial charge >= 0.3 is 0 Å². The number of nitrogens with one attached hydrogen (secondary N) is 1. The Balaban J connectivity index is 1.21. The predicted octanol–water partition coefficient (Wildman–Crippen LogP) is 5.54. The van der Waals surface area contributed by atoms with Gasteiger partial charge in [-0.15, -0.1) is 6.42 Å². The number of hydrogen-bond donors (Lipinski definition) is 1. The summed E-state index contributed by atoms with van der Waals surface area (Å²) < 4.78 is 40.1. The van der Waals surface area contributed by atoms with E-state index in [2.05, 4.69) is 26.1 Å². The van der Waals surface area contributed by atoms with Crippen LogP contribution in [0.1, 0.15) is 55.6 Å². The fourth-order valence-electron chi connectivity index (χ4n) is 4.42. The number of carbonyl (C=O) groups excluding carboxylic acids is 1. The predicted molar refractivity (Wildman–Crippen MR) is 141 cm³/mol. The van der Waals surface area contributed by atoms with Crippen LogP contribution in [0, 0.1) is 36.8 Å². The van der Waals surface area contributed by atoms with Crippen molar-refractivity contribution in [2.45, 2.75) is 52.0 Å². The van der Waals surface area contributed by atoms with Gasteiger partial charge in [-0.2, -0.15) is 0 Å². The summed E-state index contributed by atoms with van der Waals surface area (Å²) in [6, 6.07) is 5.87. The molecule has 0 radical (unpaired) electrons. The van der Waals surface area contributed by atoms with Crippen molar-refractivity contribution in [3.05, 3.63) is 59.6 Å². The Kier molecular flexibility index (Phi) is 8.30. The van der Waals surface area contributed by atoms with Crippen molar-refractivity contribution in [1.82, 2.24) is 15.3 Å². The maximum atomic E-state index is 14.5. The lowest BCUT2D eigenvalue weighted by Crippen LogP contribution is -2.42. The number of anilines is 1. The molecule has 200 valence electrons. The standard InChI is InChI=1S/C29H32F2N4O3/c1-5-29(3,4)34-27(36)26-23(30)15-22(16-24(26)31)37-14-6-7-20-10-12-35(13-11-20)28-32-17-21(18-33-28)25-9-8-19(2)38-25/h1,8-9,15-18,20H,6-7,10-14H2,2-4H3,(H,34,36). The SMILES string of the molecule is C#CC(C)(C)NC(=O)c1c(F)cc(OCCCC2CCN(c3ncc(-c4ccc(C)o4)cn3)CC2)cc1F. The number of hydrogen-bond acceptors (Lipinski definition) is 6. The summed E-state index contributed by atoms with van der Waals surface area (Å²) >= 11 is 0. The highest BCUT2D eigenvalue weighted by Gasteiger charge is 2.25. The Morgan fingerprint density at radius 1 is 1.21 bits per heavy atom. The molecule has 7 nitrogen and oxygen atoms in total. The molecule has 1 aliphatic rings. The molecule has 0 saturated carbocycles. The zero-order valence-corrected chi connectivity index (χ0v) is 21.9. The van der Waals surface area contributed by atoms with E-state index in [1.54, 1.807) is 26.2 Å². The van der Waals surface area contributed by atoms with Crippen LogP contribution in [0.2, 0.25) is 0 Å². The molecule has 3 aromatic rings. The number of aromatic nitrogens is 2. The minimum Gasteiger partial charge on any atom is -0.493 e. The lowest BCUT2D eigenvalue weighted by Gasteiger charge is -2.32. The van der Waals surface area contributed by atoms with Gasteiger partial charge in [-0.3, -0.25) is 4.79 Å². The van der Waals surface area contributed by atoms with Crippen LogP contribution in [0.5, 0.6) is 5.75 Å². The molecule has 1 fully saturated rings. The molecule has 0 aliphatic carbocycles. The lowest BCUT2D eigenvalue weighted by molar-refractivity contribution is 0.0921. The normalized spacial score (nSPS) is 14.3. The summed E-state index contributed by atoms with van der Waals surface area (Å²) in [5.74, 6) is 2.35. The van der Waals surface area contributed by atoms with Crippen molar-refractivity contribution >= 4 is 11.9 Å². The summed E-state index contributed by atoms with van der Waals surface area (Å²) in [6.07, 6.45) is 12.6. The number of benzene rings is 1. The van der Waals surface area contributed by atoms with Crippen LogP contribution in [0.3, 0.4) is 0 Å². The van der Waals surface area contributed by atoms with E-state index in [1.165, 1.54) is 0 Å². The quantitative estimate of drug-likeness (QED) is 0.294. The third-order valence-electron chi connectivity index (χ3n) is 6.62. The van der Waals surface area contributed by atoms with Gasteiger partial charge in [0, 0.05) is 37.6 Å². The molecule has 9 heteroatoms. The van der Waals surface area contributed by atoms with Crippen molar-refractivity contribution in [3.63, 3.8) is 0 Å². The second-order valence-electron chi connectivity index (χ2n) is 10.1. The molecule has 0 unspecified atom stereocenters. The smallest absolute Gasteiger partial charge is 0.258 e. The highest BCUT2D eigenvalue weighted by atomic mass is 19.1. The van der Waals surface area contributed by atoms with Crippen LogP contribution in [0.15, 0.2) is 41.1 Å². The van der Waals surface area contributed by atoms with Gasteiger partial charge in [0.2, 0.25) is 5.95 Å². The second-order valence-corrected chi connectivity index (χ2v) is 10.1. The molecule has 1 aromatic carbocycles. The number of rotatable bonds is 9. The number of halogens is 2. The molecular formula is C29H32F2N4O3. The maximum absolute atomic E-state index is 14.5. The highest BCUT2D eigenvalue weighted by molar-refractivity contribution is 5.95. The van der Waals surface area contributed by atoms with E-state index < -0.39 is 28.6 Å². The number of ether oxygens (including phenoxy) is 1. The van der Waals surface area contributed by atoms with Gasteiger partial charge in [0.05, 0.1) is 17.7 Å². The second kappa shape index (κ2) is 11.6. The van der Waals surface area contributed by atoms with Crippen LogP contribution in [0.4, 0.5) is 14.7 Å². The van der Waals surface area contributed by atoms with Gasteiger partial charge in [0.25, 0.3) is 5.91 Å². The fraction of sp³-hybridized carbons (Fsp3) is 0.414. The van der Waals surface area contributed by atoms with E-state index >= 15 is 0 Å². The molecule has 1 saturated heterocycles. The summed E-state index contributed by atoms with van der Waals surface area (Å²) in [4.78, 5) is 23.5. The molecule has 0 bridgehead atoms. The summed E-state index contributed by atoms with van der Waals surface area (Å²) in [5, 5.41) is 2.42. The van der Waals surface area contributed by atoms with E-state index in [4.69, 9.17) is 15.6 Å². The number of aryl methyl sites for hydroxylation is 1. The number of furan rings is 1. The topological polar surface area (TPSA) is 80.5 Å². The zero-order valence-electron chi connectivity index (χ0n) is 21.9. The Labute approximate surface area is 221 Å².